The number of anilines is 1. The van der Waals surface area contributed by atoms with Gasteiger partial charge in [-0.05, 0) is 36.4 Å². The van der Waals surface area contributed by atoms with Crippen molar-refractivity contribution in [2.24, 2.45) is 0 Å². The Hall–Kier alpha value is -2.62. The molecule has 0 aromatic heterocycles. The van der Waals surface area contributed by atoms with Gasteiger partial charge in [-0.2, -0.15) is 4.31 Å². The van der Waals surface area contributed by atoms with Gasteiger partial charge in [0.15, 0.2) is 6.61 Å². The van der Waals surface area contributed by atoms with Crippen molar-refractivity contribution in [1.29, 1.82) is 0 Å². The molecular formula is C19H22N2O6S. The molecule has 1 N–H and O–H groups in total. The summed E-state index contributed by atoms with van der Waals surface area (Å²) < 4.78 is 42.3. The summed E-state index contributed by atoms with van der Waals surface area (Å²) in [5.74, 6) is 0.704. The minimum atomic E-state index is -3.55. The number of nitrogens with zero attached hydrogens (tertiary/aromatic N) is 1. The standard InChI is InChI=1S/C19H22N2O6S/c1-25-17-4-2-3-15(13-17)20-19(22)14-27-16-5-7-18(8-6-16)28(23,24)21-9-11-26-12-10-21/h2-8,13H,9-12,14H2,1H3,(H,20,22). The molecule has 28 heavy (non-hydrogen) atoms. The first-order valence-corrected chi connectivity index (χ1v) is 10.2. The number of hydrogen-bond donors (Lipinski definition) is 1. The van der Waals surface area contributed by atoms with Gasteiger partial charge >= 0.3 is 0 Å². The lowest BCUT2D eigenvalue weighted by molar-refractivity contribution is -0.118. The summed E-state index contributed by atoms with van der Waals surface area (Å²) in [7, 11) is -2.00. The molecule has 1 aliphatic heterocycles. The number of rotatable bonds is 7. The minimum absolute atomic E-state index is 0.183. The first-order chi connectivity index (χ1) is 13.5. The number of morpholine rings is 1. The van der Waals surface area contributed by atoms with E-state index in [1.165, 1.54) is 28.6 Å². The van der Waals surface area contributed by atoms with E-state index in [0.717, 1.165) is 0 Å². The predicted molar refractivity (Wildman–Crippen MR) is 103 cm³/mol. The minimum Gasteiger partial charge on any atom is -0.497 e. The second kappa shape index (κ2) is 9.05. The van der Waals surface area contributed by atoms with Crippen LogP contribution in [0.4, 0.5) is 5.69 Å². The van der Waals surface area contributed by atoms with Gasteiger partial charge in [0, 0.05) is 24.8 Å². The van der Waals surface area contributed by atoms with Crippen LogP contribution in [-0.2, 0) is 19.6 Å². The second-order valence-electron chi connectivity index (χ2n) is 6.06. The van der Waals surface area contributed by atoms with Gasteiger partial charge in [0.2, 0.25) is 10.0 Å². The van der Waals surface area contributed by atoms with Crippen LogP contribution in [0.5, 0.6) is 11.5 Å². The molecule has 0 unspecified atom stereocenters. The van der Waals surface area contributed by atoms with Crippen LogP contribution in [0.15, 0.2) is 53.4 Å². The van der Waals surface area contributed by atoms with Gasteiger partial charge in [-0.3, -0.25) is 4.79 Å². The fourth-order valence-corrected chi connectivity index (χ4v) is 4.10. The molecule has 1 heterocycles. The van der Waals surface area contributed by atoms with Crippen LogP contribution in [0, 0.1) is 0 Å². The Morgan fingerprint density at radius 2 is 1.82 bits per heavy atom. The normalized spacial score (nSPS) is 15.0. The van der Waals surface area contributed by atoms with E-state index in [2.05, 4.69) is 5.32 Å². The van der Waals surface area contributed by atoms with Crippen LogP contribution in [0.25, 0.3) is 0 Å². The summed E-state index contributed by atoms with van der Waals surface area (Å²) in [6, 6.07) is 13.0. The zero-order valence-corrected chi connectivity index (χ0v) is 16.3. The average Bonchev–Trinajstić information content (AvgIpc) is 2.73. The zero-order valence-electron chi connectivity index (χ0n) is 15.5. The summed E-state index contributed by atoms with van der Waals surface area (Å²) in [6.07, 6.45) is 0. The largest absolute Gasteiger partial charge is 0.497 e. The lowest BCUT2D eigenvalue weighted by Crippen LogP contribution is -2.40. The lowest BCUT2D eigenvalue weighted by atomic mass is 10.3. The molecule has 1 aliphatic rings. The number of benzene rings is 2. The van der Waals surface area contributed by atoms with E-state index in [-0.39, 0.29) is 17.4 Å². The lowest BCUT2D eigenvalue weighted by Gasteiger charge is -2.26. The number of carbonyl (C=O) groups excluding carboxylic acids is 1. The van der Waals surface area contributed by atoms with Crippen molar-refractivity contribution < 1.29 is 27.4 Å². The Morgan fingerprint density at radius 3 is 2.50 bits per heavy atom. The topological polar surface area (TPSA) is 94.2 Å². The van der Waals surface area contributed by atoms with Gasteiger partial charge in [-0.1, -0.05) is 6.07 Å². The van der Waals surface area contributed by atoms with Crippen LogP contribution in [-0.4, -0.2) is 58.7 Å². The third-order valence-corrected chi connectivity index (χ3v) is 6.07. The number of sulfonamides is 1. The van der Waals surface area contributed by atoms with Crippen molar-refractivity contribution in [3.8, 4) is 11.5 Å². The fraction of sp³-hybridized carbons (Fsp3) is 0.316. The van der Waals surface area contributed by atoms with E-state index in [1.54, 1.807) is 31.4 Å². The van der Waals surface area contributed by atoms with Crippen LogP contribution >= 0.6 is 0 Å². The molecule has 8 nitrogen and oxygen atoms in total. The Labute approximate surface area is 164 Å². The van der Waals surface area contributed by atoms with Gasteiger partial charge in [0.25, 0.3) is 5.91 Å². The molecule has 1 fully saturated rings. The smallest absolute Gasteiger partial charge is 0.262 e. The van der Waals surface area contributed by atoms with E-state index in [1.807, 2.05) is 0 Å². The Balaban J connectivity index is 1.56. The highest BCUT2D eigenvalue weighted by Crippen LogP contribution is 2.21. The Morgan fingerprint density at radius 1 is 1.11 bits per heavy atom. The van der Waals surface area contributed by atoms with Crippen molar-refractivity contribution in [2.45, 2.75) is 4.90 Å². The van der Waals surface area contributed by atoms with Gasteiger partial charge in [-0.15, -0.1) is 0 Å². The maximum absolute atomic E-state index is 12.6. The number of nitrogens with one attached hydrogen (secondary N) is 1. The monoisotopic (exact) mass is 406 g/mol. The molecule has 0 atom stereocenters. The first-order valence-electron chi connectivity index (χ1n) is 8.74. The van der Waals surface area contributed by atoms with Crippen molar-refractivity contribution in [1.82, 2.24) is 4.31 Å². The summed E-state index contributed by atoms with van der Waals surface area (Å²) in [5.41, 5.74) is 0.597. The van der Waals surface area contributed by atoms with Gasteiger partial charge in [0.05, 0.1) is 25.2 Å². The van der Waals surface area contributed by atoms with Crippen molar-refractivity contribution in [3.63, 3.8) is 0 Å². The second-order valence-corrected chi connectivity index (χ2v) is 7.99. The molecule has 150 valence electrons. The van der Waals surface area contributed by atoms with Gasteiger partial charge in [-0.25, -0.2) is 8.42 Å². The molecule has 0 saturated carbocycles. The van der Waals surface area contributed by atoms with E-state index < -0.39 is 10.0 Å². The molecule has 3 rings (SSSR count). The Kier molecular flexibility index (Phi) is 6.50. The number of hydrogen-bond acceptors (Lipinski definition) is 6. The van der Waals surface area contributed by atoms with E-state index in [0.29, 0.717) is 43.5 Å². The van der Waals surface area contributed by atoms with Crippen molar-refractivity contribution in [2.75, 3.05) is 45.3 Å². The highest BCUT2D eigenvalue weighted by molar-refractivity contribution is 7.89. The summed E-state index contributed by atoms with van der Waals surface area (Å²) in [6.45, 7) is 1.26. The molecule has 9 heteroatoms. The number of methoxy groups -OCH3 is 1. The molecule has 1 amide bonds. The molecule has 0 radical (unpaired) electrons. The van der Waals surface area contributed by atoms with Crippen LogP contribution < -0.4 is 14.8 Å². The van der Waals surface area contributed by atoms with Crippen molar-refractivity contribution in [3.05, 3.63) is 48.5 Å². The predicted octanol–water partition coefficient (Wildman–Crippen LogP) is 1.73. The van der Waals surface area contributed by atoms with Gasteiger partial charge in [0.1, 0.15) is 11.5 Å². The molecule has 2 aromatic rings. The highest BCUT2D eigenvalue weighted by Gasteiger charge is 2.26. The summed E-state index contributed by atoms with van der Waals surface area (Å²) in [5, 5.41) is 2.71. The molecule has 1 saturated heterocycles. The number of ether oxygens (including phenoxy) is 3. The SMILES string of the molecule is COc1cccc(NC(=O)COc2ccc(S(=O)(=O)N3CCOCC3)cc2)c1. The van der Waals surface area contributed by atoms with Crippen LogP contribution in [0.3, 0.4) is 0 Å². The molecule has 0 aliphatic carbocycles. The third kappa shape index (κ3) is 5.00. The van der Waals surface area contributed by atoms with E-state index in [4.69, 9.17) is 14.2 Å². The third-order valence-electron chi connectivity index (χ3n) is 4.15. The maximum Gasteiger partial charge on any atom is 0.262 e. The van der Waals surface area contributed by atoms with Crippen molar-refractivity contribution >= 4 is 21.6 Å². The molecular weight excluding hydrogens is 384 g/mol. The number of amides is 1. The summed E-state index contributed by atoms with van der Waals surface area (Å²) in [4.78, 5) is 12.2. The first kappa shape index (κ1) is 20.1. The average molecular weight is 406 g/mol. The zero-order chi connectivity index (χ0) is 20.0. The van der Waals surface area contributed by atoms with E-state index in [9.17, 15) is 13.2 Å². The van der Waals surface area contributed by atoms with Gasteiger partial charge < -0.3 is 19.5 Å². The Bertz CT molecular complexity index is 908. The maximum atomic E-state index is 12.6. The quantitative estimate of drug-likeness (QED) is 0.753. The number of carbonyl (C=O) groups is 1. The van der Waals surface area contributed by atoms with Crippen LogP contribution in [0.1, 0.15) is 0 Å². The summed E-state index contributed by atoms with van der Waals surface area (Å²) >= 11 is 0. The molecule has 0 spiro atoms. The highest BCUT2D eigenvalue weighted by atomic mass is 32.2. The van der Waals surface area contributed by atoms with Crippen LogP contribution in [0.2, 0.25) is 0 Å². The fourth-order valence-electron chi connectivity index (χ4n) is 2.69. The molecule has 0 bridgehead atoms. The molecule has 2 aromatic carbocycles. The van der Waals surface area contributed by atoms with E-state index >= 15 is 0 Å².